The topological polar surface area (TPSA) is 87.0 Å². The fourth-order valence-electron chi connectivity index (χ4n) is 1.69. The second kappa shape index (κ2) is 5.64. The highest BCUT2D eigenvalue weighted by Crippen LogP contribution is 2.23. The van der Waals surface area contributed by atoms with Crippen LogP contribution in [-0.2, 0) is 9.59 Å². The first-order chi connectivity index (χ1) is 7.61. The monoisotopic (exact) mass is 244 g/mol. The van der Waals surface area contributed by atoms with Crippen molar-refractivity contribution in [2.75, 3.05) is 6.54 Å². The lowest BCUT2D eigenvalue weighted by atomic mass is 10.2. The highest BCUT2D eigenvalue weighted by atomic mass is 32.2. The zero-order valence-electron chi connectivity index (χ0n) is 8.54. The number of carboxylic acid groups (broad SMARTS) is 1. The summed E-state index contributed by atoms with van der Waals surface area (Å²) in [5.41, 5.74) is 0. The van der Waals surface area contributed by atoms with Gasteiger partial charge in [-0.15, -0.1) is 11.5 Å². The lowest BCUT2D eigenvalue weighted by molar-refractivity contribution is -0.147. The Hall–Kier alpha value is -1.37. The molecule has 1 amide bonds. The van der Waals surface area contributed by atoms with Crippen LogP contribution in [0.2, 0.25) is 0 Å². The van der Waals surface area contributed by atoms with E-state index in [-0.39, 0.29) is 0 Å². The standard InChI is InChI=1S/C9H12N2O4S/c1-2-7(16-10-15)8(12)11-5-3-4-6(11)9(13)14/h2,6-7H,1,3-5H2,(H,13,14). The molecule has 88 valence electrons. The fourth-order valence-corrected chi connectivity index (χ4v) is 2.09. The van der Waals surface area contributed by atoms with Crippen molar-refractivity contribution in [2.45, 2.75) is 24.1 Å². The summed E-state index contributed by atoms with van der Waals surface area (Å²) in [6.45, 7) is 3.83. The summed E-state index contributed by atoms with van der Waals surface area (Å²) in [4.78, 5) is 34.1. The minimum atomic E-state index is -1.02. The molecule has 7 heteroatoms. The molecule has 1 heterocycles. The molecule has 0 bridgehead atoms. The van der Waals surface area contributed by atoms with Crippen LogP contribution in [0, 0.1) is 4.91 Å². The predicted octanol–water partition coefficient (Wildman–Crippen LogP) is 1.03. The largest absolute Gasteiger partial charge is 0.480 e. The second-order valence-electron chi connectivity index (χ2n) is 3.36. The highest BCUT2D eigenvalue weighted by Gasteiger charge is 2.36. The number of hydrogen-bond acceptors (Lipinski definition) is 5. The molecular weight excluding hydrogens is 232 g/mol. The molecule has 1 aliphatic heterocycles. The molecule has 1 rings (SSSR count). The Morgan fingerprint density at radius 3 is 2.81 bits per heavy atom. The number of carbonyl (C=O) groups excluding carboxylic acids is 1. The van der Waals surface area contributed by atoms with Crippen LogP contribution in [0.15, 0.2) is 17.2 Å². The molecule has 0 aromatic heterocycles. The van der Waals surface area contributed by atoms with E-state index < -0.39 is 23.2 Å². The highest BCUT2D eigenvalue weighted by molar-refractivity contribution is 7.99. The van der Waals surface area contributed by atoms with E-state index in [1.807, 2.05) is 0 Å². The van der Waals surface area contributed by atoms with E-state index in [1.165, 1.54) is 11.0 Å². The van der Waals surface area contributed by atoms with Crippen molar-refractivity contribution in [3.05, 3.63) is 17.6 Å². The van der Waals surface area contributed by atoms with Gasteiger partial charge in [0.05, 0.1) is 0 Å². The van der Waals surface area contributed by atoms with Gasteiger partial charge in [-0.1, -0.05) is 6.08 Å². The maximum Gasteiger partial charge on any atom is 0.326 e. The number of carbonyl (C=O) groups is 2. The number of likely N-dealkylation sites (tertiary alicyclic amines) is 1. The summed E-state index contributed by atoms with van der Waals surface area (Å²) in [6.07, 6.45) is 2.40. The number of aliphatic carboxylic acids is 1. The molecule has 0 aromatic carbocycles. The normalized spacial score (nSPS) is 21.5. The van der Waals surface area contributed by atoms with Crippen molar-refractivity contribution in [3.8, 4) is 0 Å². The Bertz CT molecular complexity index is 321. The summed E-state index contributed by atoms with van der Waals surface area (Å²) >= 11 is 0.552. The Morgan fingerprint density at radius 2 is 2.31 bits per heavy atom. The molecular formula is C9H12N2O4S. The summed E-state index contributed by atoms with van der Waals surface area (Å²) in [5.74, 6) is -1.43. The maximum atomic E-state index is 11.9. The maximum absolute atomic E-state index is 11.9. The van der Waals surface area contributed by atoms with Crippen molar-refractivity contribution in [3.63, 3.8) is 0 Å². The molecule has 2 atom stereocenters. The van der Waals surface area contributed by atoms with E-state index in [0.717, 1.165) is 0 Å². The molecule has 2 unspecified atom stereocenters. The zero-order chi connectivity index (χ0) is 12.1. The molecule has 0 spiro atoms. The SMILES string of the molecule is C=CC(SN=O)C(=O)N1CCCC1C(=O)O. The van der Waals surface area contributed by atoms with Crippen LogP contribution < -0.4 is 0 Å². The number of nitrogens with zero attached hydrogens (tertiary/aromatic N) is 2. The van der Waals surface area contributed by atoms with Crippen LogP contribution in [0.5, 0.6) is 0 Å². The quantitative estimate of drug-likeness (QED) is 0.443. The third-order valence-electron chi connectivity index (χ3n) is 2.44. The third-order valence-corrected chi connectivity index (χ3v) is 3.14. The van der Waals surface area contributed by atoms with Gasteiger partial charge in [0.25, 0.3) is 0 Å². The molecule has 1 saturated heterocycles. The van der Waals surface area contributed by atoms with Crippen LogP contribution in [0.25, 0.3) is 0 Å². The van der Waals surface area contributed by atoms with Gasteiger partial charge in [0, 0.05) is 23.1 Å². The Labute approximate surface area is 96.8 Å². The Kier molecular flexibility index (Phi) is 4.48. The van der Waals surface area contributed by atoms with Crippen molar-refractivity contribution in [1.82, 2.24) is 4.90 Å². The van der Waals surface area contributed by atoms with Crippen LogP contribution in [0.4, 0.5) is 0 Å². The number of amides is 1. The van der Waals surface area contributed by atoms with Gasteiger partial charge in [-0.05, 0) is 12.8 Å². The predicted molar refractivity (Wildman–Crippen MR) is 59.7 cm³/mol. The Morgan fingerprint density at radius 1 is 1.62 bits per heavy atom. The van der Waals surface area contributed by atoms with Gasteiger partial charge in [0.2, 0.25) is 5.91 Å². The van der Waals surface area contributed by atoms with Gasteiger partial charge in [-0.3, -0.25) is 4.79 Å². The van der Waals surface area contributed by atoms with Gasteiger partial charge in [0.1, 0.15) is 11.3 Å². The minimum Gasteiger partial charge on any atom is -0.480 e. The summed E-state index contributed by atoms with van der Waals surface area (Å²) in [6, 6.07) is -0.790. The lowest BCUT2D eigenvalue weighted by Gasteiger charge is -2.23. The van der Waals surface area contributed by atoms with Crippen molar-refractivity contribution in [2.24, 2.45) is 4.58 Å². The van der Waals surface area contributed by atoms with E-state index in [9.17, 15) is 14.5 Å². The third kappa shape index (κ3) is 2.60. The average molecular weight is 244 g/mol. The first kappa shape index (κ1) is 12.7. The van der Waals surface area contributed by atoms with Gasteiger partial charge in [-0.25, -0.2) is 4.79 Å². The van der Waals surface area contributed by atoms with Crippen LogP contribution >= 0.6 is 11.9 Å². The molecule has 0 aromatic rings. The van der Waals surface area contributed by atoms with Crippen molar-refractivity contribution >= 4 is 23.8 Å². The van der Waals surface area contributed by atoms with Crippen LogP contribution in [0.3, 0.4) is 0 Å². The summed E-state index contributed by atoms with van der Waals surface area (Å²) < 4.78 is 2.57. The molecule has 6 nitrogen and oxygen atoms in total. The Balaban J connectivity index is 2.75. The van der Waals surface area contributed by atoms with Gasteiger partial charge < -0.3 is 10.0 Å². The molecule has 1 fully saturated rings. The first-order valence-corrected chi connectivity index (χ1v) is 5.59. The first-order valence-electron chi connectivity index (χ1n) is 4.76. The molecule has 0 aliphatic carbocycles. The average Bonchev–Trinajstić information content (AvgIpc) is 2.73. The van der Waals surface area contributed by atoms with E-state index >= 15 is 0 Å². The molecule has 0 radical (unpaired) electrons. The van der Waals surface area contributed by atoms with Gasteiger partial charge >= 0.3 is 5.97 Å². The van der Waals surface area contributed by atoms with Crippen molar-refractivity contribution in [1.29, 1.82) is 0 Å². The zero-order valence-corrected chi connectivity index (χ0v) is 9.35. The van der Waals surface area contributed by atoms with Gasteiger partial charge in [-0.2, -0.15) is 0 Å². The molecule has 16 heavy (non-hydrogen) atoms. The summed E-state index contributed by atoms with van der Waals surface area (Å²) in [5, 5.41) is 8.11. The van der Waals surface area contributed by atoms with E-state index in [2.05, 4.69) is 11.2 Å². The second-order valence-corrected chi connectivity index (χ2v) is 4.23. The number of carboxylic acids is 1. The van der Waals surface area contributed by atoms with E-state index in [4.69, 9.17) is 5.11 Å². The van der Waals surface area contributed by atoms with E-state index in [1.54, 1.807) is 0 Å². The van der Waals surface area contributed by atoms with Crippen LogP contribution in [-0.4, -0.2) is 39.7 Å². The molecule has 0 saturated carbocycles. The fraction of sp³-hybridized carbons (Fsp3) is 0.556. The molecule has 1 aliphatic rings. The van der Waals surface area contributed by atoms with Crippen molar-refractivity contribution < 1.29 is 14.7 Å². The smallest absolute Gasteiger partial charge is 0.326 e. The minimum absolute atomic E-state index is 0.402. The molecule has 1 N–H and O–H groups in total. The number of rotatable bonds is 5. The van der Waals surface area contributed by atoms with E-state index in [0.29, 0.717) is 31.3 Å². The summed E-state index contributed by atoms with van der Waals surface area (Å²) in [7, 11) is 0. The number of nitroso groups, excluding NO2 is 1. The number of hydrogen-bond donors (Lipinski definition) is 1. The van der Waals surface area contributed by atoms with Gasteiger partial charge in [0.15, 0.2) is 0 Å². The van der Waals surface area contributed by atoms with Crippen LogP contribution in [0.1, 0.15) is 12.8 Å². The lowest BCUT2D eigenvalue weighted by Crippen LogP contribution is -2.44.